The number of hydrogen-bond acceptors (Lipinski definition) is 3. The van der Waals surface area contributed by atoms with Crippen LogP contribution < -0.4 is 10.6 Å². The van der Waals surface area contributed by atoms with Gasteiger partial charge in [-0.2, -0.15) is 0 Å². The summed E-state index contributed by atoms with van der Waals surface area (Å²) in [6.45, 7) is 3.76. The van der Waals surface area contributed by atoms with Gasteiger partial charge < -0.3 is 10.6 Å². The Hall–Kier alpha value is -1.09. The lowest BCUT2D eigenvalue weighted by Crippen LogP contribution is -2.27. The van der Waals surface area contributed by atoms with Crippen molar-refractivity contribution in [3.8, 4) is 0 Å². The molecule has 18 heavy (non-hydrogen) atoms. The molecule has 1 heterocycles. The average molecular weight is 247 g/mol. The molecule has 0 aromatic carbocycles. The number of pyridine rings is 1. The zero-order valence-corrected chi connectivity index (χ0v) is 11.7. The molecule has 0 bridgehead atoms. The molecular formula is C15H25N3. The van der Waals surface area contributed by atoms with Gasteiger partial charge in [0.25, 0.3) is 0 Å². The van der Waals surface area contributed by atoms with E-state index in [1.54, 1.807) is 0 Å². The summed E-state index contributed by atoms with van der Waals surface area (Å²) in [6, 6.07) is 4.19. The SMILES string of the molecule is Cc1cc(CN)cc(N(C)CC2CCCCC2)n1. The molecule has 1 fully saturated rings. The topological polar surface area (TPSA) is 42.1 Å². The summed E-state index contributed by atoms with van der Waals surface area (Å²) in [4.78, 5) is 6.91. The first-order valence-corrected chi connectivity index (χ1v) is 7.08. The Morgan fingerprint density at radius 3 is 2.67 bits per heavy atom. The van der Waals surface area contributed by atoms with Crippen LogP contribution in [0.5, 0.6) is 0 Å². The molecule has 0 saturated heterocycles. The molecular weight excluding hydrogens is 222 g/mol. The van der Waals surface area contributed by atoms with Gasteiger partial charge in [0.05, 0.1) is 0 Å². The Balaban J connectivity index is 2.02. The van der Waals surface area contributed by atoms with Crippen molar-refractivity contribution in [2.45, 2.75) is 45.6 Å². The highest BCUT2D eigenvalue weighted by Crippen LogP contribution is 2.25. The van der Waals surface area contributed by atoms with Crippen LogP contribution in [-0.4, -0.2) is 18.6 Å². The van der Waals surface area contributed by atoms with Crippen LogP contribution in [0.1, 0.15) is 43.4 Å². The molecule has 1 aliphatic carbocycles. The second kappa shape index (κ2) is 6.19. The van der Waals surface area contributed by atoms with E-state index >= 15 is 0 Å². The van der Waals surface area contributed by atoms with E-state index in [9.17, 15) is 0 Å². The van der Waals surface area contributed by atoms with E-state index in [1.807, 2.05) is 6.92 Å². The Morgan fingerprint density at radius 2 is 2.00 bits per heavy atom. The molecule has 0 spiro atoms. The lowest BCUT2D eigenvalue weighted by Gasteiger charge is -2.28. The van der Waals surface area contributed by atoms with Gasteiger partial charge in [-0.25, -0.2) is 4.98 Å². The van der Waals surface area contributed by atoms with Gasteiger partial charge in [-0.05, 0) is 43.4 Å². The van der Waals surface area contributed by atoms with Crippen LogP contribution >= 0.6 is 0 Å². The third kappa shape index (κ3) is 3.45. The highest BCUT2D eigenvalue weighted by molar-refractivity contribution is 5.41. The van der Waals surface area contributed by atoms with Gasteiger partial charge in [0.15, 0.2) is 0 Å². The molecule has 0 unspecified atom stereocenters. The standard InChI is InChI=1S/C15H25N3/c1-12-8-14(10-16)9-15(17-12)18(2)11-13-6-4-3-5-7-13/h8-9,13H,3-7,10-11,16H2,1-2H3. The summed E-state index contributed by atoms with van der Waals surface area (Å²) < 4.78 is 0. The Labute approximate surface area is 110 Å². The maximum atomic E-state index is 5.73. The summed E-state index contributed by atoms with van der Waals surface area (Å²) in [6.07, 6.45) is 6.96. The third-order valence-corrected chi connectivity index (χ3v) is 3.88. The molecule has 1 aliphatic rings. The van der Waals surface area contributed by atoms with Crippen molar-refractivity contribution in [2.75, 3.05) is 18.5 Å². The van der Waals surface area contributed by atoms with Gasteiger partial charge in [-0.3, -0.25) is 0 Å². The minimum absolute atomic E-state index is 0.591. The number of aryl methyl sites for hydroxylation is 1. The fourth-order valence-corrected chi connectivity index (χ4v) is 2.88. The van der Waals surface area contributed by atoms with Gasteiger partial charge in [0, 0.05) is 25.8 Å². The van der Waals surface area contributed by atoms with Crippen molar-refractivity contribution in [1.82, 2.24) is 4.98 Å². The first-order valence-electron chi connectivity index (χ1n) is 7.08. The zero-order valence-electron chi connectivity index (χ0n) is 11.7. The summed E-state index contributed by atoms with van der Waals surface area (Å²) in [5.41, 5.74) is 7.96. The van der Waals surface area contributed by atoms with Gasteiger partial charge in [0.2, 0.25) is 0 Å². The van der Waals surface area contributed by atoms with Crippen molar-refractivity contribution >= 4 is 5.82 Å². The molecule has 3 heteroatoms. The Kier molecular flexibility index (Phi) is 4.59. The van der Waals surface area contributed by atoms with E-state index in [4.69, 9.17) is 5.73 Å². The van der Waals surface area contributed by atoms with Crippen LogP contribution in [0.2, 0.25) is 0 Å². The first-order chi connectivity index (χ1) is 8.69. The van der Waals surface area contributed by atoms with E-state index in [0.29, 0.717) is 6.54 Å². The van der Waals surface area contributed by atoms with Crippen LogP contribution in [0.3, 0.4) is 0 Å². The summed E-state index contributed by atoms with van der Waals surface area (Å²) >= 11 is 0. The highest BCUT2D eigenvalue weighted by atomic mass is 15.2. The smallest absolute Gasteiger partial charge is 0.128 e. The van der Waals surface area contributed by atoms with Crippen molar-refractivity contribution in [3.63, 3.8) is 0 Å². The third-order valence-electron chi connectivity index (χ3n) is 3.88. The minimum atomic E-state index is 0.591. The van der Waals surface area contributed by atoms with Crippen LogP contribution in [0.15, 0.2) is 12.1 Å². The molecule has 100 valence electrons. The number of hydrogen-bond donors (Lipinski definition) is 1. The lowest BCUT2D eigenvalue weighted by molar-refractivity contribution is 0.361. The first kappa shape index (κ1) is 13.3. The maximum Gasteiger partial charge on any atom is 0.128 e. The monoisotopic (exact) mass is 247 g/mol. The number of nitrogens with zero attached hydrogens (tertiary/aromatic N) is 2. The van der Waals surface area contributed by atoms with Gasteiger partial charge in [-0.15, -0.1) is 0 Å². The van der Waals surface area contributed by atoms with E-state index < -0.39 is 0 Å². The molecule has 3 nitrogen and oxygen atoms in total. The zero-order chi connectivity index (χ0) is 13.0. The largest absolute Gasteiger partial charge is 0.359 e. The fraction of sp³-hybridized carbons (Fsp3) is 0.667. The van der Waals surface area contributed by atoms with Crippen LogP contribution in [0, 0.1) is 12.8 Å². The normalized spacial score (nSPS) is 16.8. The molecule has 1 aromatic rings. The maximum absolute atomic E-state index is 5.73. The van der Waals surface area contributed by atoms with E-state index in [2.05, 4.69) is 29.1 Å². The quantitative estimate of drug-likeness (QED) is 0.889. The predicted octanol–water partition coefficient (Wildman–Crippen LogP) is 2.87. The second-order valence-corrected chi connectivity index (χ2v) is 5.56. The van der Waals surface area contributed by atoms with Crippen molar-refractivity contribution in [1.29, 1.82) is 0 Å². The van der Waals surface area contributed by atoms with Crippen molar-refractivity contribution in [3.05, 3.63) is 23.4 Å². The number of anilines is 1. The number of aromatic nitrogens is 1. The van der Waals surface area contributed by atoms with Gasteiger partial charge >= 0.3 is 0 Å². The highest BCUT2D eigenvalue weighted by Gasteiger charge is 2.16. The molecule has 1 aromatic heterocycles. The van der Waals surface area contributed by atoms with E-state index in [1.165, 1.54) is 37.7 Å². The summed E-state index contributed by atoms with van der Waals surface area (Å²) in [5.74, 6) is 1.91. The second-order valence-electron chi connectivity index (χ2n) is 5.56. The molecule has 0 amide bonds. The fourth-order valence-electron chi connectivity index (χ4n) is 2.88. The molecule has 1 saturated carbocycles. The van der Waals surface area contributed by atoms with E-state index in [-0.39, 0.29) is 0 Å². The molecule has 0 radical (unpaired) electrons. The molecule has 0 atom stereocenters. The summed E-state index contributed by atoms with van der Waals surface area (Å²) in [7, 11) is 2.15. The lowest BCUT2D eigenvalue weighted by atomic mass is 9.89. The molecule has 2 N–H and O–H groups in total. The van der Waals surface area contributed by atoms with Crippen LogP contribution in [0.4, 0.5) is 5.82 Å². The van der Waals surface area contributed by atoms with Crippen molar-refractivity contribution < 1.29 is 0 Å². The van der Waals surface area contributed by atoms with E-state index in [0.717, 1.165) is 24.0 Å². The van der Waals surface area contributed by atoms with Crippen LogP contribution in [-0.2, 0) is 6.54 Å². The van der Waals surface area contributed by atoms with Gasteiger partial charge in [-0.1, -0.05) is 19.3 Å². The molecule has 2 rings (SSSR count). The summed E-state index contributed by atoms with van der Waals surface area (Å²) in [5, 5.41) is 0. The average Bonchev–Trinajstić information content (AvgIpc) is 2.39. The Bertz CT molecular complexity index is 383. The predicted molar refractivity (Wildman–Crippen MR) is 76.7 cm³/mol. The van der Waals surface area contributed by atoms with Gasteiger partial charge in [0.1, 0.15) is 5.82 Å². The van der Waals surface area contributed by atoms with Crippen molar-refractivity contribution in [2.24, 2.45) is 11.7 Å². The Morgan fingerprint density at radius 1 is 1.28 bits per heavy atom. The minimum Gasteiger partial charge on any atom is -0.359 e. The number of nitrogens with two attached hydrogens (primary N) is 1. The van der Waals surface area contributed by atoms with Crippen LogP contribution in [0.25, 0.3) is 0 Å². The number of rotatable bonds is 4. The molecule has 0 aliphatic heterocycles.